The first kappa shape index (κ1) is 16.2. The van der Waals surface area contributed by atoms with Crippen molar-refractivity contribution in [2.45, 2.75) is 24.8 Å². The molecule has 0 aliphatic heterocycles. The minimum Gasteiger partial charge on any atom is -0.331 e. The van der Waals surface area contributed by atoms with Gasteiger partial charge < -0.3 is 4.98 Å². The molecule has 0 amide bonds. The van der Waals surface area contributed by atoms with Crippen LogP contribution in [0.1, 0.15) is 25.6 Å². The van der Waals surface area contributed by atoms with Gasteiger partial charge >= 0.3 is 0 Å². The van der Waals surface area contributed by atoms with Gasteiger partial charge in [0, 0.05) is 18.3 Å². The van der Waals surface area contributed by atoms with Crippen molar-refractivity contribution in [3.63, 3.8) is 0 Å². The molecule has 2 aromatic heterocycles. The number of hydrogen-bond acceptors (Lipinski definition) is 4. The Morgan fingerprint density at radius 1 is 1.29 bits per heavy atom. The van der Waals surface area contributed by atoms with Crippen LogP contribution in [0.4, 0.5) is 10.1 Å². The minimum absolute atomic E-state index is 0.0436. The number of aromatic nitrogens is 4. The summed E-state index contributed by atoms with van der Waals surface area (Å²) in [4.78, 5) is 6.77. The zero-order valence-corrected chi connectivity index (χ0v) is 13.9. The Bertz CT molecular complexity index is 948. The molecule has 3 rings (SSSR count). The van der Waals surface area contributed by atoms with E-state index in [1.54, 1.807) is 18.3 Å². The lowest BCUT2D eigenvalue weighted by Crippen LogP contribution is -2.16. The molecule has 0 fully saturated rings. The standard InChI is InChI=1S/C15H16FN5O2S/c1-10(2)15-17-9-13(19-15)24(22,23)20-14-11(16)5-3-6-12(14)21-8-4-7-18-21/h3-10,20H,1-2H3,(H,17,19). The monoisotopic (exact) mass is 349 g/mol. The molecular weight excluding hydrogens is 333 g/mol. The van der Waals surface area contributed by atoms with Crippen molar-refractivity contribution in [1.82, 2.24) is 19.7 Å². The van der Waals surface area contributed by atoms with Crippen molar-refractivity contribution in [3.05, 3.63) is 54.5 Å². The Labute approximate surface area is 138 Å². The van der Waals surface area contributed by atoms with Gasteiger partial charge in [0.2, 0.25) is 0 Å². The third kappa shape index (κ3) is 3.02. The highest BCUT2D eigenvalue weighted by atomic mass is 32.2. The molecule has 0 unspecified atom stereocenters. The van der Waals surface area contributed by atoms with E-state index in [1.165, 1.54) is 29.2 Å². The van der Waals surface area contributed by atoms with Crippen molar-refractivity contribution in [1.29, 1.82) is 0 Å². The molecule has 2 heterocycles. The number of halogens is 1. The zero-order valence-electron chi connectivity index (χ0n) is 13.1. The molecule has 0 saturated heterocycles. The second-order valence-corrected chi connectivity index (χ2v) is 7.13. The molecule has 0 radical (unpaired) electrons. The Morgan fingerprint density at radius 3 is 2.71 bits per heavy atom. The second kappa shape index (κ2) is 6.08. The first-order valence-electron chi connectivity index (χ1n) is 7.25. The molecule has 0 atom stereocenters. The smallest absolute Gasteiger partial charge is 0.279 e. The summed E-state index contributed by atoms with van der Waals surface area (Å²) >= 11 is 0. The predicted octanol–water partition coefficient (Wildman–Crippen LogP) is 2.66. The molecule has 3 aromatic rings. The SMILES string of the molecule is CC(C)c1ncc(S(=O)(=O)Nc2c(F)cccc2-n2cccn2)[nH]1. The van der Waals surface area contributed by atoms with Crippen molar-refractivity contribution >= 4 is 15.7 Å². The normalized spacial score (nSPS) is 11.8. The Kier molecular flexibility index (Phi) is 4.10. The topological polar surface area (TPSA) is 92.7 Å². The number of nitrogens with one attached hydrogen (secondary N) is 2. The van der Waals surface area contributed by atoms with Gasteiger partial charge in [0.15, 0.2) is 5.03 Å². The quantitative estimate of drug-likeness (QED) is 0.741. The van der Waals surface area contributed by atoms with E-state index in [0.717, 1.165) is 0 Å². The zero-order chi connectivity index (χ0) is 17.3. The Hall–Kier alpha value is -2.68. The number of hydrogen-bond donors (Lipinski definition) is 2. The van der Waals surface area contributed by atoms with E-state index in [1.807, 2.05) is 13.8 Å². The minimum atomic E-state index is -4.01. The van der Waals surface area contributed by atoms with Crippen LogP contribution < -0.4 is 4.72 Å². The summed E-state index contributed by atoms with van der Waals surface area (Å²) in [6.07, 6.45) is 4.33. The molecule has 9 heteroatoms. The first-order chi connectivity index (χ1) is 11.4. The number of imidazole rings is 1. The molecule has 2 N–H and O–H groups in total. The van der Waals surface area contributed by atoms with Crippen LogP contribution in [0.3, 0.4) is 0 Å². The molecule has 1 aromatic carbocycles. The summed E-state index contributed by atoms with van der Waals surface area (Å²) in [6.45, 7) is 3.77. The maximum atomic E-state index is 14.2. The van der Waals surface area contributed by atoms with E-state index in [4.69, 9.17) is 0 Å². The largest absolute Gasteiger partial charge is 0.331 e. The molecule has 0 aliphatic rings. The number of rotatable bonds is 5. The number of H-pyrrole nitrogens is 1. The fourth-order valence-corrected chi connectivity index (χ4v) is 3.17. The van der Waals surface area contributed by atoms with Gasteiger partial charge in [-0.2, -0.15) is 13.5 Å². The van der Waals surface area contributed by atoms with Gasteiger partial charge in [0.1, 0.15) is 17.3 Å². The van der Waals surface area contributed by atoms with Gasteiger partial charge in [-0.3, -0.25) is 4.72 Å². The van der Waals surface area contributed by atoms with E-state index >= 15 is 0 Å². The van der Waals surface area contributed by atoms with Gasteiger partial charge in [0.05, 0.1) is 11.9 Å². The van der Waals surface area contributed by atoms with Crippen LogP contribution in [0.2, 0.25) is 0 Å². The molecule has 7 nitrogen and oxygen atoms in total. The van der Waals surface area contributed by atoms with Crippen LogP contribution >= 0.6 is 0 Å². The lowest BCUT2D eigenvalue weighted by molar-refractivity contribution is 0.595. The fraction of sp³-hybridized carbons (Fsp3) is 0.200. The third-order valence-corrected chi connectivity index (χ3v) is 4.65. The van der Waals surface area contributed by atoms with Gasteiger partial charge in [-0.05, 0) is 18.2 Å². The fourth-order valence-electron chi connectivity index (χ4n) is 2.15. The lowest BCUT2D eigenvalue weighted by Gasteiger charge is -2.12. The number of benzene rings is 1. The maximum absolute atomic E-state index is 14.2. The summed E-state index contributed by atoms with van der Waals surface area (Å²) in [5, 5.41) is 3.89. The molecule has 0 bridgehead atoms. The average Bonchev–Trinajstić information content (AvgIpc) is 3.20. The average molecular weight is 349 g/mol. The van der Waals surface area contributed by atoms with E-state index in [9.17, 15) is 12.8 Å². The van der Waals surface area contributed by atoms with Crippen LogP contribution in [0, 0.1) is 5.82 Å². The molecule has 24 heavy (non-hydrogen) atoms. The molecule has 0 saturated carbocycles. The van der Waals surface area contributed by atoms with E-state index in [2.05, 4.69) is 19.8 Å². The van der Waals surface area contributed by atoms with Crippen LogP contribution in [0.15, 0.2) is 47.9 Å². The first-order valence-corrected chi connectivity index (χ1v) is 8.73. The van der Waals surface area contributed by atoms with Gasteiger partial charge in [-0.1, -0.05) is 19.9 Å². The van der Waals surface area contributed by atoms with Gasteiger partial charge in [0.25, 0.3) is 10.0 Å². The van der Waals surface area contributed by atoms with E-state index in [0.29, 0.717) is 5.82 Å². The summed E-state index contributed by atoms with van der Waals surface area (Å²) in [7, 11) is -4.01. The number of anilines is 1. The summed E-state index contributed by atoms with van der Waals surface area (Å²) in [5.41, 5.74) is 0.106. The third-order valence-electron chi connectivity index (χ3n) is 3.39. The summed E-state index contributed by atoms with van der Waals surface area (Å²) in [6, 6.07) is 5.89. The van der Waals surface area contributed by atoms with E-state index in [-0.39, 0.29) is 22.3 Å². The van der Waals surface area contributed by atoms with Crippen LogP contribution in [-0.2, 0) is 10.0 Å². The lowest BCUT2D eigenvalue weighted by atomic mass is 10.2. The predicted molar refractivity (Wildman–Crippen MR) is 87.0 cm³/mol. The molecular formula is C15H16FN5O2S. The highest BCUT2D eigenvalue weighted by Crippen LogP contribution is 2.26. The summed E-state index contributed by atoms with van der Waals surface area (Å²) in [5.74, 6) is -0.117. The molecule has 0 aliphatic carbocycles. The second-order valence-electron chi connectivity index (χ2n) is 5.48. The van der Waals surface area contributed by atoms with Crippen molar-refractivity contribution in [2.24, 2.45) is 0 Å². The Morgan fingerprint density at radius 2 is 2.08 bits per heavy atom. The van der Waals surface area contributed by atoms with Crippen LogP contribution in [-0.4, -0.2) is 28.2 Å². The van der Waals surface area contributed by atoms with Crippen molar-refractivity contribution in [3.8, 4) is 5.69 Å². The number of nitrogens with zero attached hydrogens (tertiary/aromatic N) is 3. The van der Waals surface area contributed by atoms with Crippen molar-refractivity contribution < 1.29 is 12.8 Å². The Balaban J connectivity index is 2.01. The number of sulfonamides is 1. The number of para-hydroxylation sites is 1. The van der Waals surface area contributed by atoms with E-state index < -0.39 is 15.8 Å². The molecule has 0 spiro atoms. The summed E-state index contributed by atoms with van der Waals surface area (Å²) < 4.78 is 43.0. The van der Waals surface area contributed by atoms with Gasteiger partial charge in [-0.25, -0.2) is 14.1 Å². The highest BCUT2D eigenvalue weighted by Gasteiger charge is 2.22. The van der Waals surface area contributed by atoms with Crippen LogP contribution in [0.5, 0.6) is 0 Å². The number of aromatic amines is 1. The maximum Gasteiger partial charge on any atom is 0.279 e. The molecule has 126 valence electrons. The van der Waals surface area contributed by atoms with Gasteiger partial charge in [-0.15, -0.1) is 0 Å². The van der Waals surface area contributed by atoms with Crippen LogP contribution in [0.25, 0.3) is 5.69 Å². The van der Waals surface area contributed by atoms with Crippen molar-refractivity contribution in [2.75, 3.05) is 4.72 Å². The highest BCUT2D eigenvalue weighted by molar-refractivity contribution is 7.92.